The molecule has 3 aromatic carbocycles. The van der Waals surface area contributed by atoms with E-state index in [1.165, 1.54) is 43.7 Å². The minimum Gasteiger partial charge on any atom is -0.493 e. The number of ether oxygens (including phenoxy) is 2. The SMILES string of the molecule is COc1cc(C=NNC(=O)C(=O)Nc2cc(Cl)ccc2Cl)ccc1OC(=O)c1ccccc1Cl. The second-order valence-electron chi connectivity index (χ2n) is 6.56. The van der Waals surface area contributed by atoms with Gasteiger partial charge < -0.3 is 14.8 Å². The van der Waals surface area contributed by atoms with Crippen molar-refractivity contribution in [2.24, 2.45) is 5.10 Å². The Bertz CT molecular complexity index is 1280. The monoisotopic (exact) mass is 519 g/mol. The summed E-state index contributed by atoms with van der Waals surface area (Å²) >= 11 is 17.8. The minimum absolute atomic E-state index is 0.159. The van der Waals surface area contributed by atoms with E-state index in [2.05, 4.69) is 15.8 Å². The highest BCUT2D eigenvalue weighted by atomic mass is 35.5. The van der Waals surface area contributed by atoms with Gasteiger partial charge >= 0.3 is 17.8 Å². The van der Waals surface area contributed by atoms with Crippen molar-refractivity contribution in [1.82, 2.24) is 5.43 Å². The summed E-state index contributed by atoms with van der Waals surface area (Å²) in [6.07, 6.45) is 1.28. The lowest BCUT2D eigenvalue weighted by Gasteiger charge is -2.10. The number of carbonyl (C=O) groups excluding carboxylic acids is 3. The van der Waals surface area contributed by atoms with Gasteiger partial charge in [-0.15, -0.1) is 0 Å². The van der Waals surface area contributed by atoms with E-state index in [1.54, 1.807) is 30.3 Å². The van der Waals surface area contributed by atoms with Crippen molar-refractivity contribution in [3.8, 4) is 11.5 Å². The van der Waals surface area contributed by atoms with Crippen LogP contribution in [-0.2, 0) is 9.59 Å². The Morgan fingerprint density at radius 3 is 2.38 bits per heavy atom. The molecule has 0 fully saturated rings. The molecule has 0 radical (unpaired) electrons. The van der Waals surface area contributed by atoms with Gasteiger partial charge in [-0.05, 0) is 54.1 Å². The molecule has 0 unspecified atom stereocenters. The molecule has 0 aliphatic rings. The summed E-state index contributed by atoms with van der Waals surface area (Å²) in [6.45, 7) is 0. The van der Waals surface area contributed by atoms with E-state index in [1.807, 2.05) is 0 Å². The molecule has 8 nitrogen and oxygen atoms in total. The first-order valence-electron chi connectivity index (χ1n) is 9.52. The predicted molar refractivity (Wildman–Crippen MR) is 130 cm³/mol. The van der Waals surface area contributed by atoms with Gasteiger partial charge in [0.1, 0.15) is 0 Å². The summed E-state index contributed by atoms with van der Waals surface area (Å²) in [7, 11) is 1.40. The third kappa shape index (κ3) is 6.48. The molecule has 2 N–H and O–H groups in total. The second kappa shape index (κ2) is 11.5. The fourth-order valence-electron chi connectivity index (χ4n) is 2.62. The van der Waals surface area contributed by atoms with Crippen molar-refractivity contribution < 1.29 is 23.9 Å². The normalized spacial score (nSPS) is 10.6. The van der Waals surface area contributed by atoms with Crippen molar-refractivity contribution >= 4 is 64.5 Å². The van der Waals surface area contributed by atoms with Crippen LogP contribution in [0.4, 0.5) is 5.69 Å². The van der Waals surface area contributed by atoms with Crippen LogP contribution < -0.4 is 20.2 Å². The number of rotatable bonds is 6. The number of methoxy groups -OCH3 is 1. The van der Waals surface area contributed by atoms with Crippen LogP contribution >= 0.6 is 34.8 Å². The van der Waals surface area contributed by atoms with Gasteiger partial charge in [-0.25, -0.2) is 10.2 Å². The van der Waals surface area contributed by atoms with Crippen molar-refractivity contribution in [1.29, 1.82) is 0 Å². The molecular formula is C23H16Cl3N3O5. The quantitative estimate of drug-likeness (QED) is 0.157. The second-order valence-corrected chi connectivity index (χ2v) is 7.81. The molecule has 0 aliphatic heterocycles. The van der Waals surface area contributed by atoms with E-state index in [4.69, 9.17) is 44.3 Å². The van der Waals surface area contributed by atoms with Crippen LogP contribution in [0.5, 0.6) is 11.5 Å². The van der Waals surface area contributed by atoms with Crippen LogP contribution in [0.2, 0.25) is 15.1 Å². The summed E-state index contributed by atoms with van der Waals surface area (Å²) in [5.74, 6) is -2.26. The lowest BCUT2D eigenvalue weighted by molar-refractivity contribution is -0.136. The van der Waals surface area contributed by atoms with E-state index < -0.39 is 17.8 Å². The maximum absolute atomic E-state index is 12.4. The topological polar surface area (TPSA) is 106 Å². The summed E-state index contributed by atoms with van der Waals surface area (Å²) in [5, 5.41) is 6.90. The van der Waals surface area contributed by atoms with Crippen molar-refractivity contribution in [3.63, 3.8) is 0 Å². The van der Waals surface area contributed by atoms with E-state index in [-0.39, 0.29) is 32.8 Å². The van der Waals surface area contributed by atoms with Gasteiger partial charge in [-0.1, -0.05) is 46.9 Å². The average molecular weight is 521 g/mol. The molecule has 0 atom stereocenters. The van der Waals surface area contributed by atoms with Crippen LogP contribution in [0.3, 0.4) is 0 Å². The van der Waals surface area contributed by atoms with Gasteiger partial charge in [-0.3, -0.25) is 9.59 Å². The molecule has 0 bridgehead atoms. The smallest absolute Gasteiger partial charge is 0.345 e. The number of nitrogens with zero attached hydrogens (tertiary/aromatic N) is 1. The number of hydrogen-bond acceptors (Lipinski definition) is 6. The number of carbonyl (C=O) groups is 3. The molecule has 0 saturated carbocycles. The van der Waals surface area contributed by atoms with Gasteiger partial charge in [0.15, 0.2) is 11.5 Å². The zero-order chi connectivity index (χ0) is 24.7. The first kappa shape index (κ1) is 25.0. The van der Waals surface area contributed by atoms with Crippen LogP contribution in [0, 0.1) is 0 Å². The molecule has 0 aliphatic carbocycles. The number of hydrogen-bond donors (Lipinski definition) is 2. The van der Waals surface area contributed by atoms with E-state index in [0.717, 1.165) is 0 Å². The Labute approximate surface area is 209 Å². The van der Waals surface area contributed by atoms with Crippen molar-refractivity contribution in [2.75, 3.05) is 12.4 Å². The lowest BCUT2D eigenvalue weighted by Crippen LogP contribution is -2.32. The highest BCUT2D eigenvalue weighted by molar-refractivity contribution is 6.42. The average Bonchev–Trinajstić information content (AvgIpc) is 2.82. The molecular weight excluding hydrogens is 505 g/mol. The van der Waals surface area contributed by atoms with E-state index >= 15 is 0 Å². The van der Waals surface area contributed by atoms with Gasteiger partial charge in [0.2, 0.25) is 0 Å². The first-order chi connectivity index (χ1) is 16.3. The van der Waals surface area contributed by atoms with Crippen molar-refractivity contribution in [3.05, 3.63) is 86.9 Å². The molecule has 2 amide bonds. The van der Waals surface area contributed by atoms with Crippen LogP contribution in [0.15, 0.2) is 65.8 Å². The molecule has 34 heavy (non-hydrogen) atoms. The number of esters is 1. The molecule has 3 aromatic rings. The molecule has 0 saturated heterocycles. The van der Waals surface area contributed by atoms with Gasteiger partial charge in [-0.2, -0.15) is 5.10 Å². The largest absolute Gasteiger partial charge is 0.493 e. The number of halogens is 3. The van der Waals surface area contributed by atoms with Crippen molar-refractivity contribution in [2.45, 2.75) is 0 Å². The summed E-state index contributed by atoms with van der Waals surface area (Å²) in [6, 6.07) is 15.5. The fourth-order valence-corrected chi connectivity index (χ4v) is 3.17. The first-order valence-corrected chi connectivity index (χ1v) is 10.7. The predicted octanol–water partition coefficient (Wildman–Crippen LogP) is 4.96. The van der Waals surface area contributed by atoms with Gasteiger partial charge in [0.25, 0.3) is 0 Å². The Balaban J connectivity index is 1.63. The third-order valence-corrected chi connectivity index (χ3v) is 5.14. The zero-order valence-electron chi connectivity index (χ0n) is 17.5. The highest BCUT2D eigenvalue weighted by Crippen LogP contribution is 2.29. The number of hydrazone groups is 1. The number of anilines is 1. The molecule has 0 heterocycles. The standard InChI is InChI=1S/C23H16Cl3N3O5/c1-33-20-10-13(6-9-19(20)34-23(32)15-4-2-3-5-16(15)25)12-27-29-22(31)21(30)28-18-11-14(24)7-8-17(18)26/h2-12H,1H3,(H,28,30)(H,29,31). The third-order valence-electron chi connectivity index (χ3n) is 4.25. The Morgan fingerprint density at radius 1 is 0.882 bits per heavy atom. The Morgan fingerprint density at radius 2 is 1.65 bits per heavy atom. The molecule has 174 valence electrons. The van der Waals surface area contributed by atoms with Crippen LogP contribution in [0.1, 0.15) is 15.9 Å². The summed E-state index contributed by atoms with van der Waals surface area (Å²) < 4.78 is 10.6. The molecule has 0 aromatic heterocycles. The highest BCUT2D eigenvalue weighted by Gasteiger charge is 2.16. The fraction of sp³-hybridized carbons (Fsp3) is 0.0435. The maximum Gasteiger partial charge on any atom is 0.345 e. The Kier molecular flexibility index (Phi) is 8.48. The van der Waals surface area contributed by atoms with E-state index in [9.17, 15) is 14.4 Å². The number of nitrogens with one attached hydrogen (secondary N) is 2. The van der Waals surface area contributed by atoms with E-state index in [0.29, 0.717) is 10.6 Å². The molecule has 3 rings (SSSR count). The Hall–Kier alpha value is -3.59. The maximum atomic E-state index is 12.4. The van der Waals surface area contributed by atoms with Crippen LogP contribution in [0.25, 0.3) is 0 Å². The zero-order valence-corrected chi connectivity index (χ0v) is 19.7. The number of amides is 2. The molecule has 0 spiro atoms. The molecule has 11 heteroatoms. The lowest BCUT2D eigenvalue weighted by atomic mass is 10.2. The summed E-state index contributed by atoms with van der Waals surface area (Å²) in [5.41, 5.74) is 2.98. The van der Waals surface area contributed by atoms with Crippen LogP contribution in [-0.4, -0.2) is 31.1 Å². The number of benzene rings is 3. The summed E-state index contributed by atoms with van der Waals surface area (Å²) in [4.78, 5) is 36.4. The minimum atomic E-state index is -1.02. The van der Waals surface area contributed by atoms with Gasteiger partial charge in [0.05, 0.1) is 34.6 Å². The van der Waals surface area contributed by atoms with Gasteiger partial charge in [0, 0.05) is 5.02 Å².